The number of hydrogen-bond acceptors (Lipinski definition) is 5. The molecule has 0 aromatic rings. The van der Waals surface area contributed by atoms with Gasteiger partial charge in [0, 0.05) is 0 Å². The summed E-state index contributed by atoms with van der Waals surface area (Å²) in [5.41, 5.74) is 0. The molecule has 0 amide bonds. The number of aliphatic hydroxyl groups excluding tert-OH is 2. The molecule has 0 aliphatic carbocycles. The minimum atomic E-state index is -2.38. The summed E-state index contributed by atoms with van der Waals surface area (Å²) in [5.74, 6) is -3.83. The maximum atomic E-state index is 9.74. The number of carbonyl (C=O) groups excluding carboxylic acids is 1. The van der Waals surface area contributed by atoms with E-state index in [1.54, 1.807) is 0 Å². The molecule has 0 aromatic heterocycles. The molecule has 0 aliphatic heterocycles. The van der Waals surface area contributed by atoms with E-state index in [1.165, 1.54) is 0 Å². The second-order valence-electron chi connectivity index (χ2n) is 1.55. The molecular weight excluding hydrogens is 165 g/mol. The molecule has 0 rings (SSSR count). The Morgan fingerprint density at radius 2 is 1.50 bits per heavy atom. The first kappa shape index (κ1) is 17.5. The normalized spacial score (nSPS) is 13.2. The molecule has 0 saturated heterocycles. The van der Waals surface area contributed by atoms with Gasteiger partial charge in [-0.05, 0) is 0 Å². The molecule has 0 radical (unpaired) electrons. The van der Waals surface area contributed by atoms with Gasteiger partial charge in [-0.15, -0.1) is 0 Å². The number of hydrogen-bond donors (Lipinski definition) is 4. The van der Waals surface area contributed by atoms with Crippen LogP contribution in [0.25, 0.3) is 0 Å². The van der Waals surface area contributed by atoms with Crippen LogP contribution in [0.15, 0.2) is 0 Å². The number of quaternary nitrogens is 1. The molecule has 7 nitrogen and oxygen atoms in total. The van der Waals surface area contributed by atoms with Crippen molar-refractivity contribution in [2.45, 2.75) is 12.2 Å². The summed E-state index contributed by atoms with van der Waals surface area (Å²) in [6.45, 7) is 0. The van der Waals surface area contributed by atoms with Crippen LogP contribution in [0.5, 0.6) is 0 Å². The third-order valence-electron chi connectivity index (χ3n) is 0.794. The monoisotopic (exact) mass is 174 g/mol. The van der Waals surface area contributed by atoms with Gasteiger partial charge in [0.25, 0.3) is 0 Å². The molecule has 0 aromatic carbocycles. The van der Waals surface area contributed by atoms with Crippen molar-refractivity contribution < 1.29 is 48.9 Å². The standard InChI is InChI=1S/C4H6O6.Li.H3N/c5-1(3(7)8)2(6)4(9)10;;/h1-2,5-6H,(H,7,8)(H,9,10);;1H3/q;+1;. The van der Waals surface area contributed by atoms with E-state index >= 15 is 0 Å². The molecular formula is C4H9LiNO6+. The molecule has 2 unspecified atom stereocenters. The Bertz CT molecular complexity index is 144. The van der Waals surface area contributed by atoms with E-state index in [2.05, 4.69) is 0 Å². The number of rotatable bonds is 3. The third-order valence-corrected chi connectivity index (χ3v) is 0.794. The summed E-state index contributed by atoms with van der Waals surface area (Å²) >= 11 is 0. The third kappa shape index (κ3) is 5.12. The van der Waals surface area contributed by atoms with Gasteiger partial charge in [-0.1, -0.05) is 0 Å². The van der Waals surface area contributed by atoms with E-state index in [0.717, 1.165) is 0 Å². The maximum absolute atomic E-state index is 9.74. The summed E-state index contributed by atoms with van der Waals surface area (Å²) in [7, 11) is 0. The minimum absolute atomic E-state index is 0. The zero-order valence-electron chi connectivity index (χ0n) is 6.72. The zero-order valence-corrected chi connectivity index (χ0v) is 6.72. The van der Waals surface area contributed by atoms with Crippen LogP contribution in [0.2, 0.25) is 0 Å². The maximum Gasteiger partial charge on any atom is 1.00 e. The molecule has 7 N–H and O–H groups in total. The van der Waals surface area contributed by atoms with Crippen molar-refractivity contribution in [1.29, 1.82) is 0 Å². The summed E-state index contributed by atoms with van der Waals surface area (Å²) in [6.07, 6.45) is -4.71. The minimum Gasteiger partial charge on any atom is -0.547 e. The number of aliphatic carboxylic acids is 2. The van der Waals surface area contributed by atoms with Crippen molar-refractivity contribution in [1.82, 2.24) is 6.15 Å². The van der Waals surface area contributed by atoms with Gasteiger partial charge < -0.3 is 31.4 Å². The van der Waals surface area contributed by atoms with Crippen LogP contribution in [0.3, 0.4) is 0 Å². The van der Waals surface area contributed by atoms with Gasteiger partial charge in [-0.25, -0.2) is 4.79 Å². The Hall–Kier alpha value is -0.583. The Balaban J connectivity index is -0.000000405. The Morgan fingerprint density at radius 1 is 1.17 bits per heavy atom. The van der Waals surface area contributed by atoms with E-state index < -0.39 is 24.1 Å². The number of carbonyl (C=O) groups is 2. The summed E-state index contributed by atoms with van der Waals surface area (Å²) < 4.78 is 0. The van der Waals surface area contributed by atoms with E-state index in [1.807, 2.05) is 0 Å². The van der Waals surface area contributed by atoms with Crippen LogP contribution >= 0.6 is 0 Å². The van der Waals surface area contributed by atoms with Crippen LogP contribution in [-0.2, 0) is 9.59 Å². The number of carboxylic acids is 2. The van der Waals surface area contributed by atoms with E-state index in [0.29, 0.717) is 0 Å². The Morgan fingerprint density at radius 3 is 1.58 bits per heavy atom. The van der Waals surface area contributed by atoms with Gasteiger partial charge in [0.1, 0.15) is 6.10 Å². The van der Waals surface area contributed by atoms with Crippen molar-refractivity contribution in [3.05, 3.63) is 0 Å². The average molecular weight is 174 g/mol. The first-order chi connectivity index (χ1) is 4.46. The molecule has 0 bridgehead atoms. The van der Waals surface area contributed by atoms with Crippen molar-refractivity contribution in [3.63, 3.8) is 0 Å². The molecule has 0 aliphatic rings. The fraction of sp³-hybridized carbons (Fsp3) is 0.500. The predicted molar refractivity (Wildman–Crippen MR) is 30.6 cm³/mol. The first-order valence-corrected chi connectivity index (χ1v) is 2.26. The van der Waals surface area contributed by atoms with E-state index in [-0.39, 0.29) is 25.0 Å². The van der Waals surface area contributed by atoms with Gasteiger partial charge in [-0.3, -0.25) is 0 Å². The van der Waals surface area contributed by atoms with Gasteiger partial charge in [0.2, 0.25) is 0 Å². The fourth-order valence-electron chi connectivity index (χ4n) is 0.264. The van der Waals surface area contributed by atoms with Gasteiger partial charge >= 0.3 is 24.8 Å². The van der Waals surface area contributed by atoms with Crippen LogP contribution < -0.4 is 30.1 Å². The van der Waals surface area contributed by atoms with E-state index in [9.17, 15) is 14.7 Å². The molecule has 8 heteroatoms. The number of aliphatic hydroxyl groups is 2. The van der Waals surface area contributed by atoms with Crippen molar-refractivity contribution in [2.75, 3.05) is 0 Å². The Labute approximate surface area is 79.8 Å². The summed E-state index contributed by atoms with van der Waals surface area (Å²) in [6, 6.07) is 0. The van der Waals surface area contributed by atoms with Crippen LogP contribution in [-0.4, -0.2) is 39.5 Å². The molecule has 12 heavy (non-hydrogen) atoms. The largest absolute Gasteiger partial charge is 1.00 e. The van der Waals surface area contributed by atoms with Crippen molar-refractivity contribution >= 4 is 11.9 Å². The molecule has 0 fully saturated rings. The van der Waals surface area contributed by atoms with Crippen molar-refractivity contribution in [3.8, 4) is 0 Å². The van der Waals surface area contributed by atoms with Gasteiger partial charge in [0.15, 0.2) is 6.10 Å². The number of carboxylic acid groups (broad SMARTS) is 2. The molecule has 0 saturated carbocycles. The quantitative estimate of drug-likeness (QED) is 0.312. The summed E-state index contributed by atoms with van der Waals surface area (Å²) in [5, 5.41) is 34.1. The second-order valence-corrected chi connectivity index (χ2v) is 1.55. The van der Waals surface area contributed by atoms with Crippen LogP contribution in [0, 0.1) is 0 Å². The van der Waals surface area contributed by atoms with Gasteiger partial charge in [-0.2, -0.15) is 0 Å². The Kier molecular flexibility index (Phi) is 10.3. The van der Waals surface area contributed by atoms with Gasteiger partial charge in [0.05, 0.1) is 5.97 Å². The smallest absolute Gasteiger partial charge is 0.547 e. The van der Waals surface area contributed by atoms with Crippen LogP contribution in [0.1, 0.15) is 0 Å². The molecule has 66 valence electrons. The molecule has 0 heterocycles. The molecule has 2 atom stereocenters. The summed E-state index contributed by atoms with van der Waals surface area (Å²) in [4.78, 5) is 19.4. The van der Waals surface area contributed by atoms with Crippen LogP contribution in [0.4, 0.5) is 0 Å². The topological polar surface area (TPSA) is 154 Å². The fourth-order valence-corrected chi connectivity index (χ4v) is 0.264. The zero-order chi connectivity index (χ0) is 8.31. The second kappa shape index (κ2) is 7.09. The van der Waals surface area contributed by atoms with E-state index in [4.69, 9.17) is 15.3 Å². The molecule has 0 spiro atoms. The average Bonchev–Trinajstić information content (AvgIpc) is 1.84. The SMILES string of the molecule is O=C([O-])C(O)C(O)C(=O)O.[Li+].[NH4+]. The first-order valence-electron chi connectivity index (χ1n) is 2.26. The predicted octanol–water partition coefficient (Wildman–Crippen LogP) is -6.08. The van der Waals surface area contributed by atoms with Crippen molar-refractivity contribution in [2.24, 2.45) is 0 Å².